The number of hydrogen-bond acceptors (Lipinski definition) is 3. The van der Waals surface area contributed by atoms with E-state index in [1.54, 1.807) is 12.1 Å². The van der Waals surface area contributed by atoms with Crippen LogP contribution in [0.15, 0.2) is 30.5 Å². The number of nitrogens with zero attached hydrogens (tertiary/aromatic N) is 4. The smallest absolute Gasteiger partial charge is 0.223 e. The van der Waals surface area contributed by atoms with Crippen molar-refractivity contribution in [3.05, 3.63) is 47.5 Å². The summed E-state index contributed by atoms with van der Waals surface area (Å²) in [5.74, 6) is -0.0685. The van der Waals surface area contributed by atoms with Crippen molar-refractivity contribution in [3.63, 3.8) is 0 Å². The molecule has 2 aliphatic heterocycles. The Labute approximate surface area is 165 Å². The minimum Gasteiger partial charge on any atom is -0.337 e. The summed E-state index contributed by atoms with van der Waals surface area (Å²) in [6, 6.07) is 7.55. The van der Waals surface area contributed by atoms with Crippen LogP contribution in [0.5, 0.6) is 0 Å². The van der Waals surface area contributed by atoms with Gasteiger partial charge in [-0.25, -0.2) is 9.07 Å². The summed E-state index contributed by atoms with van der Waals surface area (Å²) in [6.07, 6.45) is 6.85. The van der Waals surface area contributed by atoms with Crippen molar-refractivity contribution in [1.29, 1.82) is 0 Å². The number of fused-ring (bicyclic) bond motifs is 2. The molecule has 2 unspecified atom stereocenters. The highest BCUT2D eigenvalue weighted by Crippen LogP contribution is 2.41. The molecule has 2 fully saturated rings. The van der Waals surface area contributed by atoms with Gasteiger partial charge in [-0.05, 0) is 43.7 Å². The molecule has 0 spiro atoms. The first-order chi connectivity index (χ1) is 13.3. The monoisotopic (exact) mass is 384 g/mol. The highest BCUT2D eigenvalue weighted by Gasteiger charge is 2.43. The molecule has 1 aromatic carbocycles. The first kappa shape index (κ1) is 19.1. The number of aryl methyl sites for hydroxylation is 1. The van der Waals surface area contributed by atoms with Gasteiger partial charge in [-0.15, -0.1) is 5.10 Å². The van der Waals surface area contributed by atoms with E-state index in [4.69, 9.17) is 0 Å². The van der Waals surface area contributed by atoms with Crippen LogP contribution in [0.1, 0.15) is 70.2 Å². The SMILES string of the molecule is CC(C)(C)c1cn(C2CC3CCC(C2)N3C(=O)CCc2ccccc2F)nn1. The predicted molar refractivity (Wildman–Crippen MR) is 105 cm³/mol. The zero-order valence-electron chi connectivity index (χ0n) is 16.9. The summed E-state index contributed by atoms with van der Waals surface area (Å²) in [7, 11) is 0. The average Bonchev–Trinajstić information content (AvgIpc) is 3.24. The zero-order valence-corrected chi connectivity index (χ0v) is 16.9. The standard InChI is InChI=1S/C22H29FN4O/c1-22(2,3)20-14-26(25-24-20)18-12-16-9-10-17(13-18)27(16)21(28)11-8-15-6-4-5-7-19(15)23/h4-7,14,16-18H,8-13H2,1-3H3. The summed E-state index contributed by atoms with van der Waals surface area (Å²) >= 11 is 0. The van der Waals surface area contributed by atoms with E-state index in [1.807, 2.05) is 10.7 Å². The van der Waals surface area contributed by atoms with Crippen molar-refractivity contribution in [2.24, 2.45) is 0 Å². The van der Waals surface area contributed by atoms with Gasteiger partial charge in [0, 0.05) is 30.1 Å². The molecule has 2 aromatic rings. The lowest BCUT2D eigenvalue weighted by Crippen LogP contribution is -2.47. The maximum atomic E-state index is 13.8. The summed E-state index contributed by atoms with van der Waals surface area (Å²) in [6.45, 7) is 6.42. The lowest BCUT2D eigenvalue weighted by Gasteiger charge is -2.39. The molecule has 5 nitrogen and oxygen atoms in total. The van der Waals surface area contributed by atoms with Crippen molar-refractivity contribution >= 4 is 5.91 Å². The summed E-state index contributed by atoms with van der Waals surface area (Å²) in [4.78, 5) is 15.0. The van der Waals surface area contributed by atoms with Crippen molar-refractivity contribution in [3.8, 4) is 0 Å². The van der Waals surface area contributed by atoms with Crippen LogP contribution in [0.2, 0.25) is 0 Å². The number of rotatable bonds is 4. The van der Waals surface area contributed by atoms with Crippen molar-refractivity contribution < 1.29 is 9.18 Å². The number of halogens is 1. The molecule has 2 saturated heterocycles. The normalized spacial score (nSPS) is 24.6. The Balaban J connectivity index is 1.40. The molecule has 2 bridgehead atoms. The second-order valence-electron chi connectivity index (χ2n) is 9.24. The number of carbonyl (C=O) groups excluding carboxylic acids is 1. The quantitative estimate of drug-likeness (QED) is 0.799. The lowest BCUT2D eigenvalue weighted by atomic mass is 9.93. The van der Waals surface area contributed by atoms with E-state index in [1.165, 1.54) is 6.07 Å². The van der Waals surface area contributed by atoms with Gasteiger partial charge in [-0.2, -0.15) is 0 Å². The van der Waals surface area contributed by atoms with Crippen LogP contribution in [-0.4, -0.2) is 37.9 Å². The molecular weight excluding hydrogens is 355 g/mol. The van der Waals surface area contributed by atoms with Crippen LogP contribution in [0.25, 0.3) is 0 Å². The zero-order chi connectivity index (χ0) is 19.9. The van der Waals surface area contributed by atoms with Gasteiger partial charge in [0.05, 0.1) is 11.7 Å². The van der Waals surface area contributed by atoms with E-state index < -0.39 is 0 Å². The Kier molecular flexibility index (Phi) is 4.98. The molecule has 0 aliphatic carbocycles. The number of benzene rings is 1. The number of carbonyl (C=O) groups is 1. The molecule has 28 heavy (non-hydrogen) atoms. The van der Waals surface area contributed by atoms with Crippen LogP contribution >= 0.6 is 0 Å². The minimum absolute atomic E-state index is 0.0133. The first-order valence-corrected chi connectivity index (χ1v) is 10.3. The fraction of sp³-hybridized carbons (Fsp3) is 0.591. The minimum atomic E-state index is -0.224. The molecule has 2 aliphatic rings. The Hall–Kier alpha value is -2.24. The molecule has 0 N–H and O–H groups in total. The Morgan fingerprint density at radius 3 is 2.43 bits per heavy atom. The van der Waals surface area contributed by atoms with Crippen LogP contribution in [0, 0.1) is 5.82 Å². The maximum absolute atomic E-state index is 13.8. The molecule has 0 radical (unpaired) electrons. The van der Waals surface area contributed by atoms with Gasteiger partial charge in [-0.1, -0.05) is 44.2 Å². The topological polar surface area (TPSA) is 51.0 Å². The molecule has 150 valence electrons. The molecule has 1 aromatic heterocycles. The van der Waals surface area contributed by atoms with Gasteiger partial charge in [0.1, 0.15) is 5.82 Å². The number of piperidine rings is 1. The van der Waals surface area contributed by atoms with Crippen molar-refractivity contribution in [1.82, 2.24) is 19.9 Å². The molecule has 0 saturated carbocycles. The highest BCUT2D eigenvalue weighted by molar-refractivity contribution is 5.77. The van der Waals surface area contributed by atoms with Crippen LogP contribution in [0.4, 0.5) is 4.39 Å². The highest BCUT2D eigenvalue weighted by atomic mass is 19.1. The molecular formula is C22H29FN4O. The van der Waals surface area contributed by atoms with Gasteiger partial charge < -0.3 is 4.90 Å². The Bertz CT molecular complexity index is 842. The first-order valence-electron chi connectivity index (χ1n) is 10.3. The van der Waals surface area contributed by atoms with E-state index in [9.17, 15) is 9.18 Å². The second-order valence-corrected chi connectivity index (χ2v) is 9.24. The largest absolute Gasteiger partial charge is 0.337 e. The molecule has 3 heterocycles. The Morgan fingerprint density at radius 2 is 1.82 bits per heavy atom. The van der Waals surface area contributed by atoms with Crippen LogP contribution < -0.4 is 0 Å². The summed E-state index contributed by atoms with van der Waals surface area (Å²) in [5.41, 5.74) is 1.61. The van der Waals surface area contributed by atoms with Gasteiger partial charge in [0.2, 0.25) is 5.91 Å². The van der Waals surface area contributed by atoms with E-state index in [-0.39, 0.29) is 29.2 Å². The molecule has 6 heteroatoms. The van der Waals surface area contributed by atoms with Crippen molar-refractivity contribution in [2.75, 3.05) is 0 Å². The van der Waals surface area contributed by atoms with Crippen molar-refractivity contribution in [2.45, 2.75) is 82.8 Å². The Morgan fingerprint density at radius 1 is 1.14 bits per heavy atom. The lowest BCUT2D eigenvalue weighted by molar-refractivity contribution is -0.136. The summed E-state index contributed by atoms with van der Waals surface area (Å²) < 4.78 is 15.8. The summed E-state index contributed by atoms with van der Waals surface area (Å²) in [5, 5.41) is 8.74. The third-order valence-electron chi connectivity index (χ3n) is 6.22. The molecule has 4 rings (SSSR count). The van der Waals surface area contributed by atoms with E-state index in [0.717, 1.165) is 31.4 Å². The third kappa shape index (κ3) is 3.69. The molecule has 1 amide bonds. The van der Waals surface area contributed by atoms with Gasteiger partial charge in [0.15, 0.2) is 0 Å². The molecule has 2 atom stereocenters. The number of amides is 1. The second kappa shape index (κ2) is 7.30. The van der Waals surface area contributed by atoms with Crippen LogP contribution in [0.3, 0.4) is 0 Å². The third-order valence-corrected chi connectivity index (χ3v) is 6.22. The van der Waals surface area contributed by atoms with Gasteiger partial charge in [0.25, 0.3) is 0 Å². The predicted octanol–water partition coefficient (Wildman–Crippen LogP) is 4.04. The fourth-order valence-corrected chi connectivity index (χ4v) is 4.64. The van der Waals surface area contributed by atoms with E-state index >= 15 is 0 Å². The average molecular weight is 384 g/mol. The maximum Gasteiger partial charge on any atom is 0.223 e. The van der Waals surface area contributed by atoms with E-state index in [0.29, 0.717) is 24.4 Å². The van der Waals surface area contributed by atoms with Gasteiger partial charge >= 0.3 is 0 Å². The number of hydrogen-bond donors (Lipinski definition) is 0. The van der Waals surface area contributed by atoms with Crippen LogP contribution in [-0.2, 0) is 16.6 Å². The van der Waals surface area contributed by atoms with E-state index in [2.05, 4.69) is 42.2 Å². The fourth-order valence-electron chi connectivity index (χ4n) is 4.64. The number of aromatic nitrogens is 3. The van der Waals surface area contributed by atoms with Gasteiger partial charge in [-0.3, -0.25) is 4.79 Å².